The number of ether oxygens (including phenoxy) is 10. The Morgan fingerprint density at radius 3 is 0.585 bits per heavy atom. The monoisotopic (exact) mass is 1820 g/mol. The summed E-state index contributed by atoms with van der Waals surface area (Å²) in [6.07, 6.45) is 21.6. The highest BCUT2D eigenvalue weighted by atomic mass is 16.7. The standard InChI is InChI=1S/5C22H25N3O2/c5*1-15(16-7-8-21-22(11-16)27-14-26-21)25-10-4-5-17(13-25)20-12-18-19(24(20)2)6-3-9-23-18/h5*3,6-9,11-12,15,17H,4-5,10,13-14H2,1-2H3. The minimum atomic E-state index is 0.327. The average Bonchev–Trinajstić information content (AvgIpc) is 1.65. The van der Waals surface area contributed by atoms with Gasteiger partial charge in [0.15, 0.2) is 57.5 Å². The van der Waals surface area contributed by atoms with Crippen molar-refractivity contribution in [2.75, 3.05) is 99.4 Å². The van der Waals surface area contributed by atoms with Crippen molar-refractivity contribution < 1.29 is 47.4 Å². The number of piperidine rings is 5. The summed E-state index contributed by atoms with van der Waals surface area (Å²) in [4.78, 5) is 35.6. The average molecular weight is 1820 g/mol. The van der Waals surface area contributed by atoms with Gasteiger partial charge in [-0.25, -0.2) is 0 Å². The highest BCUT2D eigenvalue weighted by molar-refractivity contribution is 5.80. The van der Waals surface area contributed by atoms with Crippen molar-refractivity contribution >= 4 is 55.2 Å². The highest BCUT2D eigenvalue weighted by Gasteiger charge is 2.36. The zero-order chi connectivity index (χ0) is 91.9. The molecule has 5 fully saturated rings. The predicted molar refractivity (Wildman–Crippen MR) is 526 cm³/mol. The third-order valence-corrected chi connectivity index (χ3v) is 30.7. The van der Waals surface area contributed by atoms with E-state index >= 15 is 0 Å². The van der Waals surface area contributed by atoms with E-state index in [1.807, 2.05) is 91.6 Å². The Balaban J connectivity index is 0.000000101. The van der Waals surface area contributed by atoms with E-state index in [1.165, 1.54) is 148 Å². The Morgan fingerprint density at radius 1 is 0.230 bits per heavy atom. The van der Waals surface area contributed by atoms with E-state index in [0.717, 1.165) is 151 Å². The second-order valence-corrected chi connectivity index (χ2v) is 38.3. The maximum atomic E-state index is 5.57. The number of rotatable bonds is 15. The van der Waals surface area contributed by atoms with Gasteiger partial charge in [0.05, 0.1) is 55.2 Å². The number of likely N-dealkylation sites (tertiary alicyclic amines) is 5. The smallest absolute Gasteiger partial charge is 0.231 e. The molecule has 0 spiro atoms. The zero-order valence-electron chi connectivity index (χ0n) is 79.4. The summed E-state index contributed by atoms with van der Waals surface area (Å²) in [5.74, 6) is 11.3. The zero-order valence-corrected chi connectivity index (χ0v) is 79.4. The molecule has 10 unspecified atom stereocenters. The molecule has 0 N–H and O–H groups in total. The molecule has 25 nitrogen and oxygen atoms in total. The van der Waals surface area contributed by atoms with Gasteiger partial charge >= 0.3 is 0 Å². The lowest BCUT2D eigenvalue weighted by atomic mass is 9.92. The molecule has 20 heterocycles. The van der Waals surface area contributed by atoms with Crippen molar-refractivity contribution in [3.05, 3.63) is 269 Å². The summed E-state index contributed by atoms with van der Waals surface area (Å²) in [6, 6.07) is 65.7. The Hall–Kier alpha value is -12.7. The molecule has 25 heteroatoms. The molecule has 5 aromatic carbocycles. The van der Waals surface area contributed by atoms with Crippen LogP contribution in [-0.4, -0.2) is 172 Å². The molecular formula is C110H125N15O10. The fourth-order valence-corrected chi connectivity index (χ4v) is 22.8. The number of hydrogen-bond acceptors (Lipinski definition) is 20. The summed E-state index contributed by atoms with van der Waals surface area (Å²) in [7, 11) is 10.8. The van der Waals surface area contributed by atoms with E-state index in [9.17, 15) is 0 Å². The summed E-state index contributed by atoms with van der Waals surface area (Å²) in [5.41, 5.74) is 25.0. The fraction of sp³-hybridized carbons (Fsp3) is 0.409. The molecule has 10 atom stereocenters. The van der Waals surface area contributed by atoms with Crippen LogP contribution in [0.1, 0.15) is 215 Å². The van der Waals surface area contributed by atoms with Gasteiger partial charge in [0.1, 0.15) is 0 Å². The van der Waals surface area contributed by atoms with E-state index in [4.69, 9.17) is 47.4 Å². The van der Waals surface area contributed by atoms with Crippen molar-refractivity contribution in [1.29, 1.82) is 0 Å². The number of hydrogen-bond donors (Lipinski definition) is 0. The van der Waals surface area contributed by atoms with Crippen LogP contribution in [0.4, 0.5) is 0 Å². The molecule has 0 saturated carbocycles. The first-order chi connectivity index (χ1) is 66.0. The molecule has 0 aliphatic carbocycles. The number of aryl methyl sites for hydroxylation is 5. The summed E-state index contributed by atoms with van der Waals surface area (Å²) in [5, 5.41) is 0. The Bertz CT molecular complexity index is 5830. The second-order valence-electron chi connectivity index (χ2n) is 38.3. The van der Waals surface area contributed by atoms with Crippen LogP contribution in [0.25, 0.3) is 55.2 Å². The van der Waals surface area contributed by atoms with Crippen LogP contribution in [0.2, 0.25) is 0 Å². The summed E-state index contributed by atoms with van der Waals surface area (Å²) >= 11 is 0. The third kappa shape index (κ3) is 18.3. The van der Waals surface area contributed by atoms with Crippen LogP contribution < -0.4 is 47.4 Å². The van der Waals surface area contributed by atoms with E-state index in [1.54, 1.807) is 0 Å². The molecule has 700 valence electrons. The van der Waals surface area contributed by atoms with Crippen LogP contribution in [-0.2, 0) is 35.2 Å². The number of benzene rings is 5. The van der Waals surface area contributed by atoms with Crippen LogP contribution >= 0.6 is 0 Å². The molecule has 25 rings (SSSR count). The van der Waals surface area contributed by atoms with E-state index in [0.29, 0.717) is 93.8 Å². The lowest BCUT2D eigenvalue weighted by Crippen LogP contribution is -2.36. The highest BCUT2D eigenvalue weighted by Crippen LogP contribution is 2.46. The van der Waals surface area contributed by atoms with E-state index in [-0.39, 0.29) is 0 Å². The fourth-order valence-electron chi connectivity index (χ4n) is 22.8. The number of pyridine rings is 5. The van der Waals surface area contributed by atoms with Crippen molar-refractivity contribution in [3.8, 4) is 57.5 Å². The quantitative estimate of drug-likeness (QED) is 0.0938. The van der Waals surface area contributed by atoms with Crippen LogP contribution in [0.15, 0.2) is 213 Å². The predicted octanol–water partition coefficient (Wildman–Crippen LogP) is 21.2. The first-order valence-electron chi connectivity index (χ1n) is 48.7. The van der Waals surface area contributed by atoms with Gasteiger partial charge in [0, 0.05) is 187 Å². The van der Waals surface area contributed by atoms with Crippen LogP contribution in [0.3, 0.4) is 0 Å². The van der Waals surface area contributed by atoms with Gasteiger partial charge in [-0.05, 0) is 311 Å². The Kier molecular flexibility index (Phi) is 25.7. The van der Waals surface area contributed by atoms with Gasteiger partial charge in [-0.15, -0.1) is 0 Å². The molecule has 15 aromatic rings. The molecule has 135 heavy (non-hydrogen) atoms. The van der Waals surface area contributed by atoms with Gasteiger partial charge < -0.3 is 70.2 Å². The topological polar surface area (TPSA) is 198 Å². The minimum absolute atomic E-state index is 0.327. The van der Waals surface area contributed by atoms with Crippen LogP contribution in [0.5, 0.6) is 57.5 Å². The lowest BCUT2D eigenvalue weighted by Gasteiger charge is -2.37. The second kappa shape index (κ2) is 39.0. The molecular weight excluding hydrogens is 1690 g/mol. The first-order valence-corrected chi connectivity index (χ1v) is 48.7. The molecule has 5 saturated heterocycles. The van der Waals surface area contributed by atoms with Crippen molar-refractivity contribution in [2.45, 2.75) is 159 Å². The SMILES string of the molecule is CC(c1ccc2c(c1)OCO2)N1CCCC(c2cc3ncccc3n2C)C1.CC(c1ccc2c(c1)OCO2)N1CCCC(c2cc3ncccc3n2C)C1.CC(c1ccc2c(c1)OCO2)N1CCCC(c2cc3ncccc3n2C)C1.CC(c1ccc2c(c1)OCO2)N1CCCC(c2cc3ncccc3n2C)C1.CC(c1ccc2c(c1)OCO2)N1CCCC(c2cc3ncccc3n2C)C1. The lowest BCUT2D eigenvalue weighted by molar-refractivity contribution is 0.155. The van der Waals surface area contributed by atoms with Crippen molar-refractivity contribution in [1.82, 2.24) is 72.3 Å². The number of fused-ring (bicyclic) bond motifs is 10. The molecule has 10 aliphatic rings. The normalized spacial score (nSPS) is 20.9. The van der Waals surface area contributed by atoms with Gasteiger partial charge in [-0.3, -0.25) is 49.4 Å². The maximum Gasteiger partial charge on any atom is 0.231 e. The van der Waals surface area contributed by atoms with Crippen LogP contribution in [0, 0.1) is 0 Å². The molecule has 10 aliphatic heterocycles. The Labute approximate surface area is 790 Å². The maximum absolute atomic E-state index is 5.57. The first kappa shape index (κ1) is 88.9. The third-order valence-electron chi connectivity index (χ3n) is 30.7. The molecule has 0 radical (unpaired) electrons. The van der Waals surface area contributed by atoms with Crippen molar-refractivity contribution in [2.24, 2.45) is 35.2 Å². The largest absolute Gasteiger partial charge is 0.454 e. The minimum Gasteiger partial charge on any atom is -0.454 e. The number of nitrogens with zero attached hydrogens (tertiary/aromatic N) is 15. The number of aromatic nitrogens is 10. The molecule has 0 amide bonds. The van der Waals surface area contributed by atoms with E-state index in [2.05, 4.69) is 263 Å². The molecule has 0 bridgehead atoms. The summed E-state index contributed by atoms with van der Waals surface area (Å²) < 4.78 is 66.7. The molecule has 10 aromatic heterocycles. The van der Waals surface area contributed by atoms with Gasteiger partial charge in [-0.2, -0.15) is 0 Å². The van der Waals surface area contributed by atoms with Crippen molar-refractivity contribution in [3.63, 3.8) is 0 Å². The van der Waals surface area contributed by atoms with E-state index < -0.39 is 0 Å². The van der Waals surface area contributed by atoms with Gasteiger partial charge in [-0.1, -0.05) is 30.3 Å². The van der Waals surface area contributed by atoms with Gasteiger partial charge in [0.25, 0.3) is 0 Å². The summed E-state index contributed by atoms with van der Waals surface area (Å²) in [6.45, 7) is 24.1. The Morgan fingerprint density at radius 2 is 0.407 bits per heavy atom. The van der Waals surface area contributed by atoms with Gasteiger partial charge in [0.2, 0.25) is 34.0 Å².